The van der Waals surface area contributed by atoms with E-state index in [4.69, 9.17) is 0 Å². The molecule has 72 valence electrons. The first-order valence-corrected chi connectivity index (χ1v) is 5.95. The van der Waals surface area contributed by atoms with E-state index in [0.717, 1.165) is 11.8 Å². The SMILES string of the molecule is BrCC1(c2ccccc2)C=CC=CC1. The average molecular weight is 249 g/mol. The van der Waals surface area contributed by atoms with E-state index in [9.17, 15) is 0 Å². The highest BCUT2D eigenvalue weighted by Gasteiger charge is 2.27. The maximum atomic E-state index is 3.62. The Morgan fingerprint density at radius 2 is 1.93 bits per heavy atom. The smallest absolute Gasteiger partial charge is 0.0266 e. The molecule has 1 atom stereocenters. The normalized spacial score (nSPS) is 25.2. The number of alkyl halides is 1. The Morgan fingerprint density at radius 1 is 1.14 bits per heavy atom. The lowest BCUT2D eigenvalue weighted by Gasteiger charge is -2.29. The van der Waals surface area contributed by atoms with Crippen LogP contribution in [0.4, 0.5) is 0 Å². The Kier molecular flexibility index (Phi) is 2.87. The number of allylic oxidation sites excluding steroid dienone is 4. The molecule has 0 amide bonds. The molecule has 1 aromatic carbocycles. The van der Waals surface area contributed by atoms with Gasteiger partial charge in [-0.05, 0) is 12.0 Å². The van der Waals surface area contributed by atoms with Crippen LogP contribution in [0.5, 0.6) is 0 Å². The van der Waals surface area contributed by atoms with Gasteiger partial charge in [0, 0.05) is 10.7 Å². The molecule has 0 heterocycles. The van der Waals surface area contributed by atoms with Crippen molar-refractivity contribution in [1.29, 1.82) is 0 Å². The minimum Gasteiger partial charge on any atom is -0.0915 e. The largest absolute Gasteiger partial charge is 0.0915 e. The summed E-state index contributed by atoms with van der Waals surface area (Å²) in [7, 11) is 0. The molecular weight excluding hydrogens is 236 g/mol. The van der Waals surface area contributed by atoms with Crippen LogP contribution in [-0.4, -0.2) is 5.33 Å². The van der Waals surface area contributed by atoms with E-state index in [0.29, 0.717) is 0 Å². The van der Waals surface area contributed by atoms with Crippen LogP contribution in [0, 0.1) is 0 Å². The Labute approximate surface area is 93.5 Å². The molecule has 0 spiro atoms. The molecule has 14 heavy (non-hydrogen) atoms. The third-order valence-corrected chi connectivity index (χ3v) is 3.73. The molecule has 0 saturated carbocycles. The molecule has 0 aliphatic heterocycles. The molecular formula is C13H13Br. The van der Waals surface area contributed by atoms with Crippen molar-refractivity contribution in [1.82, 2.24) is 0 Å². The van der Waals surface area contributed by atoms with E-state index in [1.807, 2.05) is 0 Å². The maximum absolute atomic E-state index is 3.62. The molecule has 0 radical (unpaired) electrons. The summed E-state index contributed by atoms with van der Waals surface area (Å²) in [5.41, 5.74) is 1.55. The fraction of sp³-hybridized carbons (Fsp3) is 0.231. The van der Waals surface area contributed by atoms with Crippen LogP contribution < -0.4 is 0 Å². The van der Waals surface area contributed by atoms with Crippen molar-refractivity contribution >= 4 is 15.9 Å². The Bertz CT molecular complexity index is 351. The topological polar surface area (TPSA) is 0 Å². The number of benzene rings is 1. The summed E-state index contributed by atoms with van der Waals surface area (Å²) in [6.07, 6.45) is 9.85. The zero-order valence-corrected chi connectivity index (χ0v) is 9.57. The van der Waals surface area contributed by atoms with Crippen molar-refractivity contribution in [3.05, 3.63) is 60.2 Å². The van der Waals surface area contributed by atoms with Crippen LogP contribution in [0.25, 0.3) is 0 Å². The monoisotopic (exact) mass is 248 g/mol. The third kappa shape index (κ3) is 1.69. The quantitative estimate of drug-likeness (QED) is 0.698. The zero-order valence-electron chi connectivity index (χ0n) is 7.99. The van der Waals surface area contributed by atoms with Crippen molar-refractivity contribution in [2.24, 2.45) is 0 Å². The van der Waals surface area contributed by atoms with Gasteiger partial charge in [0.1, 0.15) is 0 Å². The van der Waals surface area contributed by atoms with E-state index in [1.165, 1.54) is 5.56 Å². The van der Waals surface area contributed by atoms with Crippen molar-refractivity contribution in [3.8, 4) is 0 Å². The van der Waals surface area contributed by atoms with Crippen LogP contribution in [0.2, 0.25) is 0 Å². The molecule has 2 rings (SSSR count). The lowest BCUT2D eigenvalue weighted by atomic mass is 9.77. The third-order valence-electron chi connectivity index (χ3n) is 2.73. The summed E-state index contributed by atoms with van der Waals surface area (Å²) >= 11 is 3.62. The fourth-order valence-corrected chi connectivity index (χ4v) is 2.56. The molecule has 1 aromatic rings. The van der Waals surface area contributed by atoms with Gasteiger partial charge in [0.15, 0.2) is 0 Å². The van der Waals surface area contributed by atoms with Crippen molar-refractivity contribution in [2.45, 2.75) is 11.8 Å². The number of rotatable bonds is 2. The predicted octanol–water partition coefficient (Wildman–Crippen LogP) is 3.84. The highest BCUT2D eigenvalue weighted by Crippen LogP contribution is 2.34. The van der Waals surface area contributed by atoms with Gasteiger partial charge in [-0.25, -0.2) is 0 Å². The van der Waals surface area contributed by atoms with Crippen molar-refractivity contribution < 1.29 is 0 Å². The summed E-state index contributed by atoms with van der Waals surface area (Å²) in [5, 5.41) is 0.977. The number of hydrogen-bond donors (Lipinski definition) is 0. The summed E-state index contributed by atoms with van der Waals surface area (Å²) in [4.78, 5) is 0. The summed E-state index contributed by atoms with van der Waals surface area (Å²) in [6.45, 7) is 0. The number of halogens is 1. The van der Waals surface area contributed by atoms with Gasteiger partial charge in [-0.1, -0.05) is 70.6 Å². The van der Waals surface area contributed by atoms with Gasteiger partial charge in [-0.2, -0.15) is 0 Å². The highest BCUT2D eigenvalue weighted by molar-refractivity contribution is 9.09. The molecule has 0 N–H and O–H groups in total. The van der Waals surface area contributed by atoms with Gasteiger partial charge >= 0.3 is 0 Å². The van der Waals surface area contributed by atoms with Crippen LogP contribution >= 0.6 is 15.9 Å². The first kappa shape index (κ1) is 9.72. The van der Waals surface area contributed by atoms with Crippen LogP contribution in [0.1, 0.15) is 12.0 Å². The molecule has 1 heteroatoms. The van der Waals surface area contributed by atoms with E-state index in [-0.39, 0.29) is 5.41 Å². The van der Waals surface area contributed by atoms with E-state index >= 15 is 0 Å². The first-order valence-electron chi connectivity index (χ1n) is 4.83. The van der Waals surface area contributed by atoms with Gasteiger partial charge in [0.2, 0.25) is 0 Å². The summed E-state index contributed by atoms with van der Waals surface area (Å²) < 4.78 is 0. The minimum atomic E-state index is 0.163. The molecule has 1 aliphatic rings. The van der Waals surface area contributed by atoms with Crippen LogP contribution in [-0.2, 0) is 5.41 Å². The van der Waals surface area contributed by atoms with Gasteiger partial charge in [-0.3, -0.25) is 0 Å². The Balaban J connectivity index is 2.39. The Hall–Kier alpha value is -0.820. The minimum absolute atomic E-state index is 0.163. The molecule has 1 unspecified atom stereocenters. The second kappa shape index (κ2) is 4.14. The van der Waals surface area contributed by atoms with Crippen molar-refractivity contribution in [3.63, 3.8) is 0 Å². The summed E-state index contributed by atoms with van der Waals surface area (Å²) in [6, 6.07) is 10.7. The van der Waals surface area contributed by atoms with Crippen LogP contribution in [0.15, 0.2) is 54.6 Å². The number of hydrogen-bond acceptors (Lipinski definition) is 0. The van der Waals surface area contributed by atoms with Gasteiger partial charge in [-0.15, -0.1) is 0 Å². The first-order chi connectivity index (χ1) is 6.87. The van der Waals surface area contributed by atoms with Crippen molar-refractivity contribution in [2.75, 3.05) is 5.33 Å². The average Bonchev–Trinajstić information content (AvgIpc) is 2.31. The maximum Gasteiger partial charge on any atom is 0.0266 e. The highest BCUT2D eigenvalue weighted by atomic mass is 79.9. The van der Waals surface area contributed by atoms with E-state index in [2.05, 4.69) is 70.6 Å². The van der Waals surface area contributed by atoms with E-state index < -0.39 is 0 Å². The molecule has 0 aromatic heterocycles. The molecule has 0 saturated heterocycles. The lowest BCUT2D eigenvalue weighted by molar-refractivity contribution is 0.615. The van der Waals surface area contributed by atoms with Gasteiger partial charge in [0.05, 0.1) is 0 Å². The van der Waals surface area contributed by atoms with Gasteiger partial charge < -0.3 is 0 Å². The molecule has 0 fully saturated rings. The summed E-state index contributed by atoms with van der Waals surface area (Å²) in [5.74, 6) is 0. The second-order valence-electron chi connectivity index (χ2n) is 3.65. The van der Waals surface area contributed by atoms with Crippen LogP contribution in [0.3, 0.4) is 0 Å². The zero-order chi connectivity index (χ0) is 9.86. The Morgan fingerprint density at radius 3 is 2.50 bits per heavy atom. The fourth-order valence-electron chi connectivity index (χ4n) is 1.83. The van der Waals surface area contributed by atoms with Gasteiger partial charge in [0.25, 0.3) is 0 Å². The molecule has 0 bridgehead atoms. The standard InChI is InChI=1S/C13H13Br/c14-11-13(9-5-2-6-10-13)12-7-3-1-4-8-12/h1-9H,10-11H2. The molecule has 1 aliphatic carbocycles. The van der Waals surface area contributed by atoms with E-state index in [1.54, 1.807) is 0 Å². The lowest BCUT2D eigenvalue weighted by Crippen LogP contribution is -2.25. The second-order valence-corrected chi connectivity index (χ2v) is 4.21. The predicted molar refractivity (Wildman–Crippen MR) is 64.8 cm³/mol. The molecule has 0 nitrogen and oxygen atoms in total.